The van der Waals surface area contributed by atoms with Crippen LogP contribution < -0.4 is 5.32 Å². The van der Waals surface area contributed by atoms with Crippen molar-refractivity contribution in [2.24, 2.45) is 0 Å². The van der Waals surface area contributed by atoms with E-state index in [2.05, 4.69) is 5.32 Å². The van der Waals surface area contributed by atoms with Crippen molar-refractivity contribution in [2.45, 2.75) is 45.5 Å². The minimum absolute atomic E-state index is 0.00585. The van der Waals surface area contributed by atoms with Crippen LogP contribution in [0.15, 0.2) is 59.8 Å². The Kier molecular flexibility index (Phi) is 7.05. The molecule has 3 amide bonds. The first-order valence-corrected chi connectivity index (χ1v) is 11.9. The van der Waals surface area contributed by atoms with Gasteiger partial charge in [0.1, 0.15) is 11.4 Å². The molecule has 0 bridgehead atoms. The molecule has 0 fully saturated rings. The molecule has 2 heterocycles. The van der Waals surface area contributed by atoms with Gasteiger partial charge in [0.15, 0.2) is 0 Å². The highest BCUT2D eigenvalue weighted by Gasteiger charge is 2.41. The van der Waals surface area contributed by atoms with Gasteiger partial charge in [-0.2, -0.15) is 13.2 Å². The van der Waals surface area contributed by atoms with Gasteiger partial charge in [-0.05, 0) is 44.5 Å². The normalized spacial score (nSPS) is 16.1. The number of imide groups is 1. The fourth-order valence-electron chi connectivity index (χ4n) is 4.34. The average Bonchev–Trinajstić information content (AvgIpc) is 3.10. The van der Waals surface area contributed by atoms with Crippen LogP contribution >= 0.6 is 0 Å². The molecule has 0 atom stereocenters. The Hall–Kier alpha value is -4.15. The lowest BCUT2D eigenvalue weighted by atomic mass is 10.0. The number of carbonyl (C=O) groups is 3. The number of hydrogen-bond donors (Lipinski definition) is 2. The lowest BCUT2D eigenvalue weighted by Gasteiger charge is -2.34. The quantitative estimate of drug-likeness (QED) is 0.332. The molecule has 2 aromatic rings. The van der Waals surface area contributed by atoms with Crippen LogP contribution in [0.25, 0.3) is 0 Å². The maximum atomic E-state index is 13.5. The summed E-state index contributed by atoms with van der Waals surface area (Å²) in [7, 11) is 0. The molecule has 0 saturated heterocycles. The molecule has 2 aliphatic rings. The summed E-state index contributed by atoms with van der Waals surface area (Å²) < 4.78 is 45.9. The van der Waals surface area contributed by atoms with Crippen LogP contribution in [0.5, 0.6) is 0 Å². The van der Waals surface area contributed by atoms with Crippen LogP contribution in [0.4, 0.5) is 18.0 Å². The van der Waals surface area contributed by atoms with Crippen LogP contribution in [-0.4, -0.2) is 52.2 Å². The van der Waals surface area contributed by atoms with Crippen molar-refractivity contribution in [1.82, 2.24) is 15.1 Å². The topological polar surface area (TPSA) is 103 Å². The van der Waals surface area contributed by atoms with Gasteiger partial charge in [-0.1, -0.05) is 30.3 Å². The van der Waals surface area contributed by atoms with Gasteiger partial charge in [-0.25, -0.2) is 9.69 Å². The fourth-order valence-corrected chi connectivity index (χ4v) is 4.34. The van der Waals surface area contributed by atoms with Crippen molar-refractivity contribution < 1.29 is 32.3 Å². The second-order valence-corrected chi connectivity index (χ2v) is 9.96. The molecule has 0 saturated carbocycles. The lowest BCUT2D eigenvalue weighted by Crippen LogP contribution is -2.46. The summed E-state index contributed by atoms with van der Waals surface area (Å²) in [6, 6.07) is 11.3. The van der Waals surface area contributed by atoms with E-state index in [4.69, 9.17) is 10.1 Å². The Morgan fingerprint density at radius 3 is 2.16 bits per heavy atom. The zero-order valence-electron chi connectivity index (χ0n) is 21.1. The van der Waals surface area contributed by atoms with E-state index < -0.39 is 41.1 Å². The summed E-state index contributed by atoms with van der Waals surface area (Å²) in [6.45, 7) is 4.89. The summed E-state index contributed by atoms with van der Waals surface area (Å²) in [5.41, 5.74) is -0.779. The number of hydrogen-bond acceptors (Lipinski definition) is 6. The van der Waals surface area contributed by atoms with Gasteiger partial charge in [-0.15, -0.1) is 0 Å². The molecular weight excluding hydrogens is 501 g/mol. The van der Waals surface area contributed by atoms with E-state index in [1.807, 2.05) is 0 Å². The number of amidine groups is 1. The number of nitrogens with one attached hydrogen (secondary N) is 2. The summed E-state index contributed by atoms with van der Waals surface area (Å²) in [5.74, 6) is -1.81. The molecular formula is C27H27F3N4O4. The van der Waals surface area contributed by atoms with Gasteiger partial charge in [0, 0.05) is 30.8 Å². The zero-order valence-corrected chi connectivity index (χ0v) is 21.1. The van der Waals surface area contributed by atoms with E-state index in [0.717, 1.165) is 11.0 Å². The van der Waals surface area contributed by atoms with E-state index in [0.29, 0.717) is 5.70 Å². The highest BCUT2D eigenvalue weighted by Crippen LogP contribution is 2.32. The maximum Gasteiger partial charge on any atom is 0.416 e. The molecule has 0 unspecified atom stereocenters. The maximum absolute atomic E-state index is 13.5. The molecule has 2 N–H and O–H groups in total. The third-order valence-electron chi connectivity index (χ3n) is 6.12. The minimum atomic E-state index is -4.55. The third kappa shape index (κ3) is 5.41. The van der Waals surface area contributed by atoms with Crippen LogP contribution in [-0.2, 0) is 17.5 Å². The highest BCUT2D eigenvalue weighted by atomic mass is 19.4. The molecule has 0 aromatic heterocycles. The molecule has 4 rings (SSSR count). The number of carbonyl (C=O) groups excluding carboxylic acids is 3. The molecule has 0 aliphatic carbocycles. The highest BCUT2D eigenvalue weighted by molar-refractivity contribution is 6.31. The van der Waals surface area contributed by atoms with Crippen LogP contribution in [0, 0.1) is 5.41 Å². The lowest BCUT2D eigenvalue weighted by molar-refractivity contribution is -0.138. The molecule has 8 nitrogen and oxygen atoms in total. The number of alkyl halides is 3. The van der Waals surface area contributed by atoms with Crippen LogP contribution in [0.1, 0.15) is 59.0 Å². The van der Waals surface area contributed by atoms with Gasteiger partial charge in [-0.3, -0.25) is 15.0 Å². The van der Waals surface area contributed by atoms with Crippen molar-refractivity contribution in [1.29, 1.82) is 5.41 Å². The predicted molar refractivity (Wildman–Crippen MR) is 132 cm³/mol. The minimum Gasteiger partial charge on any atom is -0.444 e. The van der Waals surface area contributed by atoms with Crippen LogP contribution in [0.3, 0.4) is 0 Å². The van der Waals surface area contributed by atoms with Gasteiger partial charge in [0.25, 0.3) is 11.8 Å². The number of nitrogens with zero attached hydrogens (tertiary/aromatic N) is 2. The van der Waals surface area contributed by atoms with Crippen molar-refractivity contribution in [3.63, 3.8) is 0 Å². The third-order valence-corrected chi connectivity index (χ3v) is 6.12. The van der Waals surface area contributed by atoms with E-state index in [9.17, 15) is 27.6 Å². The summed E-state index contributed by atoms with van der Waals surface area (Å²) in [6.07, 6.45) is -5.05. The van der Waals surface area contributed by atoms with Crippen molar-refractivity contribution in [3.05, 3.63) is 82.1 Å². The summed E-state index contributed by atoms with van der Waals surface area (Å²) in [5, 5.41) is 11.8. The largest absolute Gasteiger partial charge is 0.444 e. The number of rotatable bonds is 4. The number of ether oxygens (including phenoxy) is 1. The van der Waals surface area contributed by atoms with E-state index in [1.165, 1.54) is 35.2 Å². The predicted octanol–water partition coefficient (Wildman–Crippen LogP) is 4.96. The van der Waals surface area contributed by atoms with Gasteiger partial charge in [0.2, 0.25) is 0 Å². The molecule has 200 valence electrons. The molecule has 11 heteroatoms. The number of fused-ring (bicyclic) bond motifs is 1. The number of halogens is 3. The van der Waals surface area contributed by atoms with Gasteiger partial charge >= 0.3 is 12.3 Å². The van der Waals surface area contributed by atoms with Crippen molar-refractivity contribution in [2.75, 3.05) is 13.1 Å². The smallest absolute Gasteiger partial charge is 0.416 e. The van der Waals surface area contributed by atoms with E-state index in [1.54, 1.807) is 32.9 Å². The Morgan fingerprint density at radius 2 is 1.58 bits per heavy atom. The van der Waals surface area contributed by atoms with Crippen LogP contribution in [0.2, 0.25) is 0 Å². The SMILES string of the molecule is CC(C)(C)OC(=O)N1CCC(NCc2ccccc2C(F)(F)F)=C(C(=N)N2C(=O)c3ccccc3C2=O)C1. The first-order chi connectivity index (χ1) is 17.8. The zero-order chi connectivity index (χ0) is 27.8. The number of benzene rings is 2. The van der Waals surface area contributed by atoms with Gasteiger partial charge < -0.3 is 15.0 Å². The average molecular weight is 529 g/mol. The summed E-state index contributed by atoms with van der Waals surface area (Å²) >= 11 is 0. The second kappa shape index (κ2) is 9.96. The summed E-state index contributed by atoms with van der Waals surface area (Å²) in [4.78, 5) is 40.9. The van der Waals surface area contributed by atoms with Crippen molar-refractivity contribution >= 4 is 23.7 Å². The first kappa shape index (κ1) is 26.9. The fraction of sp³-hybridized carbons (Fsp3) is 0.333. The van der Waals surface area contributed by atoms with E-state index >= 15 is 0 Å². The van der Waals surface area contributed by atoms with Crippen molar-refractivity contribution in [3.8, 4) is 0 Å². The molecule has 0 spiro atoms. The van der Waals surface area contributed by atoms with Gasteiger partial charge in [0.05, 0.1) is 23.2 Å². The molecule has 0 radical (unpaired) electrons. The second-order valence-electron chi connectivity index (χ2n) is 9.96. The monoisotopic (exact) mass is 528 g/mol. The first-order valence-electron chi connectivity index (χ1n) is 11.9. The Morgan fingerprint density at radius 1 is 1.00 bits per heavy atom. The molecule has 38 heavy (non-hydrogen) atoms. The molecule has 2 aliphatic heterocycles. The molecule has 2 aromatic carbocycles. The standard InChI is InChI=1S/C27H27F3N4O4/c1-26(2,3)38-25(37)33-13-12-21(32-14-16-8-4-7-11-20(16)27(28,29)30)19(15-33)22(31)34-23(35)17-9-5-6-10-18(17)24(34)36/h4-11,31-32H,12-15H2,1-3H3. The van der Waals surface area contributed by atoms with E-state index in [-0.39, 0.29) is 48.3 Å². The Labute approximate surface area is 217 Å². The number of amides is 3. The Balaban J connectivity index is 1.67. The Bertz CT molecular complexity index is 1310.